The Hall–Kier alpha value is -2.45. The number of sulfonamides is 1. The summed E-state index contributed by atoms with van der Waals surface area (Å²) in [7, 11) is -3.96. The van der Waals surface area contributed by atoms with Gasteiger partial charge in [-0.1, -0.05) is 12.1 Å². The van der Waals surface area contributed by atoms with Crippen LogP contribution in [0.4, 0.5) is 10.1 Å². The number of ether oxygens (including phenoxy) is 1. The smallest absolute Gasteiger partial charge is 0.261 e. The second-order valence-corrected chi connectivity index (χ2v) is 8.09. The SMILES string of the molecule is Cc1cc(S(=O)(=O)Nc2ccccc2C(=O)NC[C@@H]2CCCO2)ccc1F. The average Bonchev–Trinajstić information content (AvgIpc) is 3.15. The Morgan fingerprint density at radius 2 is 2.04 bits per heavy atom. The van der Waals surface area contributed by atoms with E-state index in [0.29, 0.717) is 13.2 Å². The van der Waals surface area contributed by atoms with Crippen molar-refractivity contribution in [1.29, 1.82) is 0 Å². The first-order valence-electron chi connectivity index (χ1n) is 8.64. The van der Waals surface area contributed by atoms with E-state index in [0.717, 1.165) is 18.9 Å². The summed E-state index contributed by atoms with van der Waals surface area (Å²) in [5.74, 6) is -0.873. The molecule has 0 spiro atoms. The van der Waals surface area contributed by atoms with E-state index in [1.165, 1.54) is 25.1 Å². The van der Waals surface area contributed by atoms with Gasteiger partial charge in [-0.3, -0.25) is 9.52 Å². The van der Waals surface area contributed by atoms with Crippen molar-refractivity contribution >= 4 is 21.6 Å². The summed E-state index contributed by atoms with van der Waals surface area (Å²) in [6.07, 6.45) is 1.84. The van der Waals surface area contributed by atoms with E-state index < -0.39 is 15.8 Å². The second kappa shape index (κ2) is 8.06. The van der Waals surface area contributed by atoms with Crippen LogP contribution in [-0.2, 0) is 14.8 Å². The van der Waals surface area contributed by atoms with Gasteiger partial charge in [0.2, 0.25) is 0 Å². The van der Waals surface area contributed by atoms with Crippen LogP contribution >= 0.6 is 0 Å². The first kappa shape index (κ1) is 19.3. The molecule has 1 amide bonds. The lowest BCUT2D eigenvalue weighted by atomic mass is 10.1. The van der Waals surface area contributed by atoms with Crippen molar-refractivity contribution < 1.29 is 22.3 Å². The predicted molar refractivity (Wildman–Crippen MR) is 99.7 cm³/mol. The molecular weight excluding hydrogens is 371 g/mol. The van der Waals surface area contributed by atoms with Gasteiger partial charge >= 0.3 is 0 Å². The fourth-order valence-electron chi connectivity index (χ4n) is 2.87. The fourth-order valence-corrected chi connectivity index (χ4v) is 4.03. The standard InChI is InChI=1S/C19H21FN2O4S/c1-13-11-15(8-9-17(13)20)27(24,25)22-18-7-3-2-6-16(18)19(23)21-12-14-5-4-10-26-14/h2-3,6-9,11,14,22H,4-5,10,12H2,1H3,(H,21,23)/t14-/m0/s1. The van der Waals surface area contributed by atoms with Crippen molar-refractivity contribution in [2.24, 2.45) is 0 Å². The number of nitrogens with one attached hydrogen (secondary N) is 2. The van der Waals surface area contributed by atoms with Gasteiger partial charge < -0.3 is 10.1 Å². The Balaban J connectivity index is 1.78. The minimum absolute atomic E-state index is 0.0139. The summed E-state index contributed by atoms with van der Waals surface area (Å²) in [5.41, 5.74) is 0.586. The molecule has 144 valence electrons. The van der Waals surface area contributed by atoms with Crippen LogP contribution in [0.3, 0.4) is 0 Å². The predicted octanol–water partition coefficient (Wildman–Crippen LogP) is 2.84. The van der Waals surface area contributed by atoms with E-state index in [2.05, 4.69) is 10.0 Å². The van der Waals surface area contributed by atoms with Crippen LogP contribution < -0.4 is 10.0 Å². The molecule has 1 aliphatic heterocycles. The molecule has 6 nitrogen and oxygen atoms in total. The second-order valence-electron chi connectivity index (χ2n) is 6.41. The largest absolute Gasteiger partial charge is 0.376 e. The van der Waals surface area contributed by atoms with Gasteiger partial charge in [-0.05, 0) is 55.7 Å². The van der Waals surface area contributed by atoms with Crippen LogP contribution in [0.2, 0.25) is 0 Å². The number of rotatable bonds is 6. The minimum atomic E-state index is -3.96. The number of carbonyl (C=O) groups excluding carboxylic acids is 1. The van der Waals surface area contributed by atoms with Crippen molar-refractivity contribution in [2.45, 2.75) is 30.8 Å². The molecule has 0 unspecified atom stereocenters. The summed E-state index contributed by atoms with van der Waals surface area (Å²) in [6, 6.07) is 9.87. The molecule has 2 N–H and O–H groups in total. The molecule has 0 saturated carbocycles. The van der Waals surface area contributed by atoms with Crippen molar-refractivity contribution in [3.8, 4) is 0 Å². The third kappa shape index (κ3) is 4.64. The number of aryl methyl sites for hydroxylation is 1. The molecule has 0 bridgehead atoms. The molecule has 1 saturated heterocycles. The molecule has 0 aromatic heterocycles. The Bertz CT molecular complexity index is 940. The third-order valence-corrected chi connectivity index (χ3v) is 5.73. The van der Waals surface area contributed by atoms with Crippen molar-refractivity contribution in [1.82, 2.24) is 5.32 Å². The van der Waals surface area contributed by atoms with Crippen LogP contribution in [0, 0.1) is 12.7 Å². The molecule has 1 fully saturated rings. The zero-order chi connectivity index (χ0) is 19.4. The summed E-state index contributed by atoms with van der Waals surface area (Å²) < 4.78 is 46.5. The van der Waals surface area contributed by atoms with Crippen LogP contribution in [-0.4, -0.2) is 33.6 Å². The van der Waals surface area contributed by atoms with E-state index in [1.807, 2.05) is 0 Å². The van der Waals surface area contributed by atoms with Crippen molar-refractivity contribution in [3.63, 3.8) is 0 Å². The molecule has 8 heteroatoms. The molecule has 1 aliphatic rings. The maximum atomic E-state index is 13.4. The topological polar surface area (TPSA) is 84.5 Å². The van der Waals surface area contributed by atoms with Gasteiger partial charge in [0.05, 0.1) is 22.3 Å². The first-order chi connectivity index (χ1) is 12.9. The number of para-hydroxylation sites is 1. The lowest BCUT2D eigenvalue weighted by molar-refractivity contribution is 0.0858. The number of hydrogen-bond acceptors (Lipinski definition) is 4. The first-order valence-corrected chi connectivity index (χ1v) is 10.1. The molecule has 2 aromatic rings. The van der Waals surface area contributed by atoms with Gasteiger partial charge in [-0.15, -0.1) is 0 Å². The molecule has 2 aromatic carbocycles. The minimum Gasteiger partial charge on any atom is -0.376 e. The van der Waals surface area contributed by atoms with Gasteiger partial charge in [-0.2, -0.15) is 0 Å². The van der Waals surface area contributed by atoms with Crippen LogP contribution in [0.1, 0.15) is 28.8 Å². The van der Waals surface area contributed by atoms with Crippen LogP contribution in [0.15, 0.2) is 47.4 Å². The number of amides is 1. The van der Waals surface area contributed by atoms with E-state index in [4.69, 9.17) is 4.74 Å². The van der Waals surface area contributed by atoms with Gasteiger partial charge in [0.1, 0.15) is 5.82 Å². The molecule has 1 heterocycles. The Labute approximate surface area is 157 Å². The summed E-state index contributed by atoms with van der Waals surface area (Å²) in [4.78, 5) is 12.4. The number of anilines is 1. The lowest BCUT2D eigenvalue weighted by Crippen LogP contribution is -2.32. The summed E-state index contributed by atoms with van der Waals surface area (Å²) >= 11 is 0. The molecular formula is C19H21FN2O4S. The van der Waals surface area contributed by atoms with Crippen LogP contribution in [0.5, 0.6) is 0 Å². The number of carbonyl (C=O) groups is 1. The van der Waals surface area contributed by atoms with Gasteiger partial charge in [0.15, 0.2) is 0 Å². The summed E-state index contributed by atoms with van der Waals surface area (Å²) in [5, 5.41) is 2.78. The quantitative estimate of drug-likeness (QED) is 0.792. The zero-order valence-electron chi connectivity index (χ0n) is 14.9. The normalized spacial score (nSPS) is 16.9. The highest BCUT2D eigenvalue weighted by Gasteiger charge is 2.21. The number of hydrogen-bond donors (Lipinski definition) is 2. The Morgan fingerprint density at radius 1 is 1.26 bits per heavy atom. The summed E-state index contributed by atoms with van der Waals surface area (Å²) in [6.45, 7) is 2.55. The molecule has 27 heavy (non-hydrogen) atoms. The van der Waals surface area contributed by atoms with E-state index >= 15 is 0 Å². The zero-order valence-corrected chi connectivity index (χ0v) is 15.7. The number of halogens is 1. The van der Waals surface area contributed by atoms with E-state index in [9.17, 15) is 17.6 Å². The maximum Gasteiger partial charge on any atom is 0.261 e. The molecule has 3 rings (SSSR count). The van der Waals surface area contributed by atoms with Crippen molar-refractivity contribution in [3.05, 3.63) is 59.4 Å². The molecule has 1 atom stereocenters. The van der Waals surface area contributed by atoms with Gasteiger partial charge in [-0.25, -0.2) is 12.8 Å². The lowest BCUT2D eigenvalue weighted by Gasteiger charge is -2.14. The third-order valence-electron chi connectivity index (χ3n) is 4.37. The maximum absolute atomic E-state index is 13.4. The van der Waals surface area contributed by atoms with Crippen molar-refractivity contribution in [2.75, 3.05) is 17.9 Å². The molecule has 0 radical (unpaired) electrons. The highest BCUT2D eigenvalue weighted by molar-refractivity contribution is 7.92. The average molecular weight is 392 g/mol. The van der Waals surface area contributed by atoms with Crippen LogP contribution in [0.25, 0.3) is 0 Å². The van der Waals surface area contributed by atoms with Gasteiger partial charge in [0, 0.05) is 13.2 Å². The Kier molecular flexibility index (Phi) is 5.76. The number of benzene rings is 2. The fraction of sp³-hybridized carbons (Fsp3) is 0.316. The van der Waals surface area contributed by atoms with E-state index in [1.54, 1.807) is 18.2 Å². The highest BCUT2D eigenvalue weighted by Crippen LogP contribution is 2.22. The monoisotopic (exact) mass is 392 g/mol. The van der Waals surface area contributed by atoms with E-state index in [-0.39, 0.29) is 33.7 Å². The Morgan fingerprint density at radius 3 is 2.74 bits per heavy atom. The molecule has 0 aliphatic carbocycles. The van der Waals surface area contributed by atoms with Gasteiger partial charge in [0.25, 0.3) is 15.9 Å². The highest BCUT2D eigenvalue weighted by atomic mass is 32.2.